The van der Waals surface area contributed by atoms with Crippen molar-refractivity contribution in [1.82, 2.24) is 4.90 Å². The molecule has 0 radical (unpaired) electrons. The van der Waals surface area contributed by atoms with Crippen molar-refractivity contribution in [3.63, 3.8) is 0 Å². The van der Waals surface area contributed by atoms with Crippen molar-refractivity contribution in [1.29, 1.82) is 0 Å². The van der Waals surface area contributed by atoms with E-state index in [2.05, 4.69) is 74.2 Å². The molecule has 0 bridgehead atoms. The smallest absolute Gasteiger partial charge is 0.130 e. The molecule has 0 aliphatic rings. The molecule has 0 spiro atoms. The van der Waals surface area contributed by atoms with Crippen LogP contribution in [-0.2, 0) is 0 Å². The summed E-state index contributed by atoms with van der Waals surface area (Å²) >= 11 is 0. The first kappa shape index (κ1) is 20.5. The Balaban J connectivity index is 1.73. The lowest BCUT2D eigenvalue weighted by Gasteiger charge is -2.17. The van der Waals surface area contributed by atoms with Crippen LogP contribution in [0.5, 0.6) is 5.75 Å². The van der Waals surface area contributed by atoms with Gasteiger partial charge in [-0.15, -0.1) is 0 Å². The summed E-state index contributed by atoms with van der Waals surface area (Å²) in [6.07, 6.45) is 6.34. The predicted molar refractivity (Wildman–Crippen MR) is 113 cm³/mol. The number of benzene rings is 2. The molecular weight excluding hydrogens is 318 g/mol. The molecule has 0 saturated carbocycles. The number of rotatable bonds is 12. The zero-order valence-electron chi connectivity index (χ0n) is 16.8. The third kappa shape index (κ3) is 6.49. The number of nitrogens with zero attached hydrogens (tertiary/aromatic N) is 1. The zero-order valence-corrected chi connectivity index (χ0v) is 16.8. The summed E-state index contributed by atoms with van der Waals surface area (Å²) in [6, 6.07) is 16.9. The Labute approximate surface area is 160 Å². The van der Waals surface area contributed by atoms with Gasteiger partial charge in [-0.2, -0.15) is 0 Å². The zero-order chi connectivity index (χ0) is 18.6. The maximum atomic E-state index is 6.19. The van der Waals surface area contributed by atoms with Crippen molar-refractivity contribution in [2.24, 2.45) is 0 Å². The van der Waals surface area contributed by atoms with Gasteiger partial charge in [0.1, 0.15) is 5.75 Å². The minimum Gasteiger partial charge on any atom is -0.493 e. The van der Waals surface area contributed by atoms with Crippen LogP contribution in [0.4, 0.5) is 0 Å². The normalized spacial score (nSPS) is 11.1. The fraction of sp³-hybridized carbons (Fsp3) is 0.500. The lowest BCUT2D eigenvalue weighted by Crippen LogP contribution is -2.23. The Hall–Kier alpha value is -1.80. The highest BCUT2D eigenvalue weighted by Gasteiger charge is 2.08. The van der Waals surface area contributed by atoms with Gasteiger partial charge in [0.2, 0.25) is 0 Å². The number of hydrogen-bond donors (Lipinski definition) is 0. The molecule has 0 N–H and O–H groups in total. The van der Waals surface area contributed by atoms with Gasteiger partial charge in [0, 0.05) is 5.56 Å². The molecule has 0 fully saturated rings. The lowest BCUT2D eigenvalue weighted by atomic mass is 10.0. The van der Waals surface area contributed by atoms with Crippen molar-refractivity contribution in [2.75, 3.05) is 26.2 Å². The Bertz CT molecular complexity index is 619. The number of hydrogen-bond acceptors (Lipinski definition) is 2. The standard InChI is InChI=1S/C24H35NO/c1-4-25(5-2)19-12-7-6-8-13-20-26-24-21(3)15-14-18-23(24)22-16-10-9-11-17-22/h9-11,14-18H,4-8,12-13,19-20H2,1-3H3. The van der Waals surface area contributed by atoms with Crippen LogP contribution in [-0.4, -0.2) is 31.1 Å². The molecule has 0 aromatic heterocycles. The maximum Gasteiger partial charge on any atom is 0.130 e. The average molecular weight is 354 g/mol. The van der Waals surface area contributed by atoms with Crippen LogP contribution in [0, 0.1) is 6.92 Å². The second kappa shape index (κ2) is 11.7. The second-order valence-corrected chi connectivity index (χ2v) is 6.96. The minimum atomic E-state index is 0.806. The first-order chi connectivity index (χ1) is 12.8. The SMILES string of the molecule is CCN(CC)CCCCCCCOc1c(C)cccc1-c1ccccc1. The third-order valence-electron chi connectivity index (χ3n) is 5.06. The number of para-hydroxylation sites is 1. The highest BCUT2D eigenvalue weighted by Crippen LogP contribution is 2.32. The van der Waals surface area contributed by atoms with Gasteiger partial charge >= 0.3 is 0 Å². The van der Waals surface area contributed by atoms with E-state index in [9.17, 15) is 0 Å². The maximum absolute atomic E-state index is 6.19. The molecule has 0 saturated heterocycles. The fourth-order valence-electron chi connectivity index (χ4n) is 3.37. The largest absolute Gasteiger partial charge is 0.493 e. The van der Waals surface area contributed by atoms with Crippen LogP contribution in [0.2, 0.25) is 0 Å². The van der Waals surface area contributed by atoms with Crippen LogP contribution in [0.1, 0.15) is 51.5 Å². The molecule has 0 heterocycles. The van der Waals surface area contributed by atoms with Gasteiger partial charge in [-0.05, 0) is 50.5 Å². The van der Waals surface area contributed by atoms with E-state index in [1.807, 2.05) is 0 Å². The van der Waals surface area contributed by atoms with Gasteiger partial charge < -0.3 is 9.64 Å². The Kier molecular flexibility index (Phi) is 9.27. The quantitative estimate of drug-likeness (QED) is 0.413. The molecular formula is C24H35NO. The van der Waals surface area contributed by atoms with E-state index in [4.69, 9.17) is 4.74 Å². The van der Waals surface area contributed by atoms with E-state index in [0.29, 0.717) is 0 Å². The predicted octanol–water partition coefficient (Wildman–Crippen LogP) is 6.33. The Morgan fingerprint density at radius 1 is 0.769 bits per heavy atom. The number of aryl methyl sites for hydroxylation is 1. The lowest BCUT2D eigenvalue weighted by molar-refractivity contribution is 0.289. The van der Waals surface area contributed by atoms with Crippen LogP contribution in [0.3, 0.4) is 0 Å². The molecule has 26 heavy (non-hydrogen) atoms. The van der Waals surface area contributed by atoms with Gasteiger partial charge in [-0.25, -0.2) is 0 Å². The minimum absolute atomic E-state index is 0.806. The molecule has 2 aromatic carbocycles. The molecule has 2 nitrogen and oxygen atoms in total. The van der Waals surface area contributed by atoms with Crippen molar-refractivity contribution in [3.8, 4) is 16.9 Å². The molecule has 2 heteroatoms. The van der Waals surface area contributed by atoms with Crippen molar-refractivity contribution in [3.05, 3.63) is 54.1 Å². The van der Waals surface area contributed by atoms with Gasteiger partial charge in [0.05, 0.1) is 6.61 Å². The topological polar surface area (TPSA) is 12.5 Å². The Morgan fingerprint density at radius 3 is 2.19 bits per heavy atom. The summed E-state index contributed by atoms with van der Waals surface area (Å²) in [7, 11) is 0. The average Bonchev–Trinajstić information content (AvgIpc) is 2.68. The number of ether oxygens (including phenoxy) is 1. The molecule has 0 aliphatic heterocycles. The molecule has 142 valence electrons. The van der Waals surface area contributed by atoms with Gasteiger partial charge in [-0.3, -0.25) is 0 Å². The molecule has 2 aromatic rings. The summed E-state index contributed by atoms with van der Waals surface area (Å²) in [5.41, 5.74) is 3.64. The van der Waals surface area contributed by atoms with Crippen LogP contribution >= 0.6 is 0 Å². The van der Waals surface area contributed by atoms with Crippen LogP contribution < -0.4 is 4.74 Å². The second-order valence-electron chi connectivity index (χ2n) is 6.96. The molecule has 0 aliphatic carbocycles. The van der Waals surface area contributed by atoms with Crippen LogP contribution in [0.15, 0.2) is 48.5 Å². The summed E-state index contributed by atoms with van der Waals surface area (Å²) in [6.45, 7) is 11.0. The highest BCUT2D eigenvalue weighted by molar-refractivity contribution is 5.71. The van der Waals surface area contributed by atoms with E-state index < -0.39 is 0 Å². The summed E-state index contributed by atoms with van der Waals surface area (Å²) in [4.78, 5) is 2.51. The van der Waals surface area contributed by atoms with E-state index >= 15 is 0 Å². The molecule has 0 unspecified atom stereocenters. The van der Waals surface area contributed by atoms with E-state index in [0.717, 1.165) is 18.8 Å². The van der Waals surface area contributed by atoms with Gasteiger partial charge in [-0.1, -0.05) is 81.6 Å². The van der Waals surface area contributed by atoms with E-state index in [1.54, 1.807) is 0 Å². The molecule has 0 atom stereocenters. The molecule has 0 amide bonds. The summed E-state index contributed by atoms with van der Waals surface area (Å²) < 4.78 is 6.19. The van der Waals surface area contributed by atoms with Crippen LogP contribution in [0.25, 0.3) is 11.1 Å². The van der Waals surface area contributed by atoms with E-state index in [1.165, 1.54) is 62.0 Å². The Morgan fingerprint density at radius 2 is 1.46 bits per heavy atom. The monoisotopic (exact) mass is 353 g/mol. The first-order valence-electron chi connectivity index (χ1n) is 10.3. The van der Waals surface area contributed by atoms with Gasteiger partial charge in [0.15, 0.2) is 0 Å². The van der Waals surface area contributed by atoms with Crippen molar-refractivity contribution < 1.29 is 4.74 Å². The van der Waals surface area contributed by atoms with Crippen molar-refractivity contribution in [2.45, 2.75) is 52.9 Å². The first-order valence-corrected chi connectivity index (χ1v) is 10.3. The third-order valence-corrected chi connectivity index (χ3v) is 5.06. The van der Waals surface area contributed by atoms with Gasteiger partial charge in [0.25, 0.3) is 0 Å². The highest BCUT2D eigenvalue weighted by atomic mass is 16.5. The van der Waals surface area contributed by atoms with Crippen molar-refractivity contribution >= 4 is 0 Å². The molecule has 2 rings (SSSR count). The fourth-order valence-corrected chi connectivity index (χ4v) is 3.37. The van der Waals surface area contributed by atoms with E-state index in [-0.39, 0.29) is 0 Å². The summed E-state index contributed by atoms with van der Waals surface area (Å²) in [5, 5.41) is 0. The number of unbranched alkanes of at least 4 members (excludes halogenated alkanes) is 4. The summed E-state index contributed by atoms with van der Waals surface area (Å²) in [5.74, 6) is 1.04.